The highest BCUT2D eigenvalue weighted by atomic mass is 35.5. The lowest BCUT2D eigenvalue weighted by Gasteiger charge is -2.24. The van der Waals surface area contributed by atoms with Crippen molar-refractivity contribution < 1.29 is 4.79 Å². The minimum Gasteiger partial charge on any atom is -0.375 e. The number of hydrogen-bond donors (Lipinski definition) is 2. The van der Waals surface area contributed by atoms with E-state index >= 15 is 0 Å². The van der Waals surface area contributed by atoms with E-state index in [0.717, 1.165) is 6.42 Å². The Balaban J connectivity index is 2.63. The van der Waals surface area contributed by atoms with Crippen molar-refractivity contribution in [1.82, 2.24) is 5.32 Å². The number of nitrogens with one attached hydrogen (secondary N) is 2. The highest BCUT2D eigenvalue weighted by Gasteiger charge is 2.17. The first-order chi connectivity index (χ1) is 8.75. The van der Waals surface area contributed by atoms with E-state index in [1.165, 1.54) is 0 Å². The molecular formula is C13H17Cl3N2O. The van der Waals surface area contributed by atoms with Crippen molar-refractivity contribution in [1.29, 1.82) is 0 Å². The molecule has 1 amide bonds. The minimum atomic E-state index is -0.222. The molecule has 0 fully saturated rings. The van der Waals surface area contributed by atoms with E-state index in [2.05, 4.69) is 10.6 Å². The predicted octanol–water partition coefficient (Wildman–Crippen LogP) is 4.36. The van der Waals surface area contributed by atoms with Crippen molar-refractivity contribution in [3.8, 4) is 0 Å². The van der Waals surface area contributed by atoms with Crippen molar-refractivity contribution >= 4 is 46.4 Å². The van der Waals surface area contributed by atoms with Crippen LogP contribution in [-0.2, 0) is 4.79 Å². The Morgan fingerprint density at radius 2 is 1.74 bits per heavy atom. The van der Waals surface area contributed by atoms with Gasteiger partial charge in [-0.1, -0.05) is 41.7 Å². The summed E-state index contributed by atoms with van der Waals surface area (Å²) < 4.78 is 0. The van der Waals surface area contributed by atoms with Gasteiger partial charge in [0.05, 0.1) is 27.3 Å². The fourth-order valence-corrected chi connectivity index (χ4v) is 1.96. The maximum absolute atomic E-state index is 11.8. The third kappa shape index (κ3) is 5.09. The van der Waals surface area contributed by atoms with Crippen LogP contribution in [0.25, 0.3) is 0 Å². The third-order valence-electron chi connectivity index (χ3n) is 2.81. The largest absolute Gasteiger partial charge is 0.375 e. The zero-order chi connectivity index (χ0) is 14.6. The van der Waals surface area contributed by atoms with E-state index < -0.39 is 0 Å². The molecule has 3 nitrogen and oxygen atoms in total. The lowest BCUT2D eigenvalue weighted by atomic mass is 10.0. The van der Waals surface area contributed by atoms with E-state index in [1.54, 1.807) is 12.1 Å². The first-order valence-corrected chi connectivity index (χ1v) is 7.08. The highest BCUT2D eigenvalue weighted by molar-refractivity contribution is 6.44. The van der Waals surface area contributed by atoms with Crippen molar-refractivity contribution in [3.05, 3.63) is 27.2 Å². The summed E-state index contributed by atoms with van der Waals surface area (Å²) in [5.74, 6) is -0.103. The van der Waals surface area contributed by atoms with Crippen LogP contribution in [0.2, 0.25) is 15.1 Å². The molecule has 0 saturated heterocycles. The first kappa shape index (κ1) is 16.4. The van der Waals surface area contributed by atoms with Crippen molar-refractivity contribution in [2.75, 3.05) is 11.9 Å². The Morgan fingerprint density at radius 3 is 2.32 bits per heavy atom. The van der Waals surface area contributed by atoms with Crippen LogP contribution in [0.1, 0.15) is 27.2 Å². The third-order valence-corrected chi connectivity index (χ3v) is 3.85. The average Bonchev–Trinajstić information content (AvgIpc) is 2.31. The van der Waals surface area contributed by atoms with Crippen LogP contribution >= 0.6 is 34.8 Å². The van der Waals surface area contributed by atoms with Crippen molar-refractivity contribution in [2.24, 2.45) is 0 Å². The van der Waals surface area contributed by atoms with Crippen LogP contribution in [0.3, 0.4) is 0 Å². The summed E-state index contributed by atoms with van der Waals surface area (Å²) in [5, 5.41) is 7.06. The summed E-state index contributed by atoms with van der Waals surface area (Å²) in [5.41, 5.74) is 0.362. The molecule has 0 unspecified atom stereocenters. The Hall–Kier alpha value is -0.640. The standard InChI is InChI=1S/C13H17Cl3N2O/c1-4-13(2,3)18-12(19)7-17-11-6-9(15)8(14)5-10(11)16/h5-6,17H,4,7H2,1-3H3,(H,18,19). The molecular weight excluding hydrogens is 307 g/mol. The number of anilines is 1. The first-order valence-electron chi connectivity index (χ1n) is 5.94. The quantitative estimate of drug-likeness (QED) is 0.790. The van der Waals surface area contributed by atoms with Gasteiger partial charge in [-0.05, 0) is 32.4 Å². The second-order valence-corrected chi connectivity index (χ2v) is 6.11. The van der Waals surface area contributed by atoms with Gasteiger partial charge in [-0.3, -0.25) is 4.79 Å². The number of carbonyl (C=O) groups excluding carboxylic acids is 1. The molecule has 0 saturated carbocycles. The maximum Gasteiger partial charge on any atom is 0.239 e. The Labute approximate surface area is 128 Å². The molecule has 0 bridgehead atoms. The molecule has 0 spiro atoms. The summed E-state index contributed by atoms with van der Waals surface area (Å²) in [4.78, 5) is 11.8. The summed E-state index contributed by atoms with van der Waals surface area (Å²) in [6.07, 6.45) is 0.853. The molecule has 1 aromatic carbocycles. The normalized spacial score (nSPS) is 11.3. The molecule has 0 aromatic heterocycles. The minimum absolute atomic E-state index is 0.103. The molecule has 0 atom stereocenters. The van der Waals surface area contributed by atoms with Crippen molar-refractivity contribution in [3.63, 3.8) is 0 Å². The Kier molecular flexibility index (Phi) is 5.78. The molecule has 0 aliphatic rings. The molecule has 0 aliphatic carbocycles. The second kappa shape index (κ2) is 6.69. The van der Waals surface area contributed by atoms with E-state index in [1.807, 2.05) is 20.8 Å². The van der Waals surface area contributed by atoms with Gasteiger partial charge in [-0.25, -0.2) is 0 Å². The summed E-state index contributed by atoms with van der Waals surface area (Å²) in [6.45, 7) is 6.08. The van der Waals surface area contributed by atoms with E-state index in [-0.39, 0.29) is 18.0 Å². The number of carbonyl (C=O) groups is 1. The summed E-state index contributed by atoms with van der Waals surface area (Å²) in [6, 6.07) is 3.14. The number of benzene rings is 1. The van der Waals surface area contributed by atoms with E-state index in [9.17, 15) is 4.79 Å². The molecule has 0 heterocycles. The smallest absolute Gasteiger partial charge is 0.239 e. The van der Waals surface area contributed by atoms with E-state index in [4.69, 9.17) is 34.8 Å². The molecule has 0 radical (unpaired) electrons. The second-order valence-electron chi connectivity index (χ2n) is 4.89. The van der Waals surface area contributed by atoms with Crippen LogP contribution in [0.4, 0.5) is 5.69 Å². The summed E-state index contributed by atoms with van der Waals surface area (Å²) >= 11 is 17.7. The molecule has 2 N–H and O–H groups in total. The fourth-order valence-electron chi connectivity index (χ4n) is 1.34. The monoisotopic (exact) mass is 322 g/mol. The molecule has 1 rings (SSSR count). The number of rotatable bonds is 5. The lowest BCUT2D eigenvalue weighted by Crippen LogP contribution is -2.45. The van der Waals surface area contributed by atoms with Gasteiger partial charge < -0.3 is 10.6 Å². The zero-order valence-corrected chi connectivity index (χ0v) is 13.4. The lowest BCUT2D eigenvalue weighted by molar-refractivity contribution is -0.121. The topological polar surface area (TPSA) is 41.1 Å². The number of amides is 1. The molecule has 6 heteroatoms. The van der Waals surface area contributed by atoms with Gasteiger partial charge in [-0.2, -0.15) is 0 Å². The number of halogens is 3. The van der Waals surface area contributed by atoms with Gasteiger partial charge in [-0.15, -0.1) is 0 Å². The SMILES string of the molecule is CCC(C)(C)NC(=O)CNc1cc(Cl)c(Cl)cc1Cl. The summed E-state index contributed by atoms with van der Waals surface area (Å²) in [7, 11) is 0. The van der Waals surface area contributed by atoms with Crippen LogP contribution in [0.15, 0.2) is 12.1 Å². The Bertz CT molecular complexity index is 475. The molecule has 106 valence electrons. The Morgan fingerprint density at radius 1 is 1.16 bits per heavy atom. The molecule has 19 heavy (non-hydrogen) atoms. The van der Waals surface area contributed by atoms with Gasteiger partial charge in [0.2, 0.25) is 5.91 Å². The number of hydrogen-bond acceptors (Lipinski definition) is 2. The van der Waals surface area contributed by atoms with Gasteiger partial charge >= 0.3 is 0 Å². The van der Waals surface area contributed by atoms with Gasteiger partial charge in [0, 0.05) is 5.54 Å². The van der Waals surface area contributed by atoms with Crippen LogP contribution < -0.4 is 10.6 Å². The highest BCUT2D eigenvalue weighted by Crippen LogP contribution is 2.32. The van der Waals surface area contributed by atoms with Gasteiger partial charge in [0.25, 0.3) is 0 Å². The van der Waals surface area contributed by atoms with Gasteiger partial charge in [0.1, 0.15) is 0 Å². The average molecular weight is 324 g/mol. The maximum atomic E-state index is 11.8. The van der Waals surface area contributed by atoms with E-state index in [0.29, 0.717) is 20.8 Å². The molecule has 0 aliphatic heterocycles. The van der Waals surface area contributed by atoms with Crippen LogP contribution in [-0.4, -0.2) is 18.0 Å². The van der Waals surface area contributed by atoms with Crippen LogP contribution in [0.5, 0.6) is 0 Å². The van der Waals surface area contributed by atoms with Gasteiger partial charge in [0.15, 0.2) is 0 Å². The van der Waals surface area contributed by atoms with Crippen molar-refractivity contribution in [2.45, 2.75) is 32.7 Å². The fraction of sp³-hybridized carbons (Fsp3) is 0.462. The molecule has 1 aromatic rings. The van der Waals surface area contributed by atoms with Crippen LogP contribution in [0, 0.1) is 0 Å². The predicted molar refractivity (Wildman–Crippen MR) is 82.5 cm³/mol. The zero-order valence-electron chi connectivity index (χ0n) is 11.1.